The first kappa shape index (κ1) is 13.3. The Hall–Kier alpha value is -1.76. The van der Waals surface area contributed by atoms with Gasteiger partial charge in [-0.25, -0.2) is 0 Å². The summed E-state index contributed by atoms with van der Waals surface area (Å²) in [6, 6.07) is 6.83. The molecule has 0 radical (unpaired) electrons. The van der Waals surface area contributed by atoms with Crippen LogP contribution in [-0.4, -0.2) is 5.78 Å². The van der Waals surface area contributed by atoms with Crippen LogP contribution in [0.25, 0.3) is 0 Å². The highest BCUT2D eigenvalue weighted by Gasteiger charge is 2.48. The molecule has 0 aliphatic rings. The molecule has 0 amide bonds. The largest absolute Gasteiger partial charge is 0.295 e. The molecule has 0 N–H and O–H groups in total. The van der Waals surface area contributed by atoms with Crippen LogP contribution in [0.3, 0.4) is 0 Å². The van der Waals surface area contributed by atoms with Gasteiger partial charge in [0.25, 0.3) is 5.92 Å². The lowest BCUT2D eigenvalue weighted by atomic mass is 9.82. The van der Waals surface area contributed by atoms with E-state index in [-0.39, 0.29) is 16.9 Å². The lowest BCUT2D eigenvalue weighted by Crippen LogP contribution is -2.32. The summed E-state index contributed by atoms with van der Waals surface area (Å²) in [4.78, 5) is 11.1. The Kier molecular flexibility index (Phi) is 3.33. The number of carbonyl (C=O) groups excluding carboxylic acids is 1. The molecule has 0 heterocycles. The molecule has 90 valence electrons. The number of rotatable bonds is 3. The summed E-state index contributed by atoms with van der Waals surface area (Å²) in [6.45, 7) is 3.66. The second-order valence-electron chi connectivity index (χ2n) is 4.45. The van der Waals surface area contributed by atoms with Gasteiger partial charge in [-0.1, -0.05) is 18.2 Å². The molecule has 1 rings (SSSR count). The van der Waals surface area contributed by atoms with E-state index in [0.717, 1.165) is 6.07 Å². The van der Waals surface area contributed by atoms with E-state index in [1.165, 1.54) is 39.0 Å². The molecule has 0 bridgehead atoms. The van der Waals surface area contributed by atoms with Crippen molar-refractivity contribution in [3.05, 3.63) is 35.4 Å². The highest BCUT2D eigenvalue weighted by atomic mass is 19.3. The normalized spacial score (nSPS) is 12.0. The Morgan fingerprint density at radius 1 is 1.35 bits per heavy atom. The topological polar surface area (TPSA) is 40.9 Å². The monoisotopic (exact) mass is 237 g/mol. The van der Waals surface area contributed by atoms with Crippen molar-refractivity contribution in [1.29, 1.82) is 5.26 Å². The molecule has 0 atom stereocenters. The zero-order valence-electron chi connectivity index (χ0n) is 9.92. The molecule has 2 nitrogen and oxygen atoms in total. The van der Waals surface area contributed by atoms with Crippen molar-refractivity contribution < 1.29 is 13.6 Å². The number of hydrogen-bond acceptors (Lipinski definition) is 2. The van der Waals surface area contributed by atoms with Crippen LogP contribution in [0.4, 0.5) is 8.78 Å². The van der Waals surface area contributed by atoms with Crippen molar-refractivity contribution in [3.63, 3.8) is 0 Å². The van der Waals surface area contributed by atoms with Crippen LogP contribution < -0.4 is 0 Å². The zero-order valence-corrected chi connectivity index (χ0v) is 9.92. The number of benzene rings is 1. The Morgan fingerprint density at radius 3 is 2.41 bits per heavy atom. The first-order valence-electron chi connectivity index (χ1n) is 5.13. The molecule has 0 spiro atoms. The summed E-state index contributed by atoms with van der Waals surface area (Å²) in [6.07, 6.45) is 0. The number of hydrogen-bond donors (Lipinski definition) is 0. The molecule has 4 heteroatoms. The molecule has 1 aromatic carbocycles. The molecule has 0 aromatic heterocycles. The molecule has 0 aliphatic heterocycles. The lowest BCUT2D eigenvalue weighted by Gasteiger charge is -2.28. The third kappa shape index (κ3) is 2.33. The summed E-state index contributed by atoms with van der Waals surface area (Å²) in [5.41, 5.74) is -1.91. The molecule has 0 fully saturated rings. The maximum absolute atomic E-state index is 14.0. The fourth-order valence-electron chi connectivity index (χ4n) is 1.36. The van der Waals surface area contributed by atoms with Crippen molar-refractivity contribution >= 4 is 5.78 Å². The molecule has 0 saturated carbocycles. The lowest BCUT2D eigenvalue weighted by molar-refractivity contribution is -0.0853. The Balaban J connectivity index is 3.30. The minimum absolute atomic E-state index is 0.218. The van der Waals surface area contributed by atoms with Crippen LogP contribution >= 0.6 is 0 Å². The minimum Gasteiger partial charge on any atom is -0.295 e. The summed E-state index contributed by atoms with van der Waals surface area (Å²) >= 11 is 0. The van der Waals surface area contributed by atoms with Crippen LogP contribution in [0.15, 0.2) is 24.3 Å². The maximum Gasteiger partial charge on any atom is 0.291 e. The fourth-order valence-corrected chi connectivity index (χ4v) is 1.36. The fraction of sp³-hybridized carbons (Fsp3) is 0.385. The third-order valence-corrected chi connectivity index (χ3v) is 2.70. The zero-order chi connectivity index (χ0) is 13.3. The summed E-state index contributed by atoms with van der Waals surface area (Å²) in [5, 5.41) is 8.77. The Labute approximate surface area is 98.9 Å². The van der Waals surface area contributed by atoms with Gasteiger partial charge >= 0.3 is 0 Å². The smallest absolute Gasteiger partial charge is 0.291 e. The number of carbonyl (C=O) groups is 1. The second kappa shape index (κ2) is 4.25. The van der Waals surface area contributed by atoms with Gasteiger partial charge in [0.1, 0.15) is 5.41 Å². The van der Waals surface area contributed by atoms with E-state index in [0.29, 0.717) is 0 Å². The van der Waals surface area contributed by atoms with E-state index in [2.05, 4.69) is 0 Å². The molecular weight excluding hydrogens is 224 g/mol. The van der Waals surface area contributed by atoms with Gasteiger partial charge < -0.3 is 0 Å². The summed E-state index contributed by atoms with van der Waals surface area (Å²) in [7, 11) is 0. The standard InChI is InChI=1S/C13H13F2NO/c1-9(17)10-5-4-6-11(7-10)13(14,15)12(2,3)8-16/h4-7H,1-3H3. The SMILES string of the molecule is CC(=O)c1cccc(C(F)(F)C(C)(C)C#N)c1. The number of Topliss-reactive ketones (excluding diaryl/α,β-unsaturated/α-hetero) is 1. The first-order valence-corrected chi connectivity index (χ1v) is 5.13. The maximum atomic E-state index is 14.0. The predicted octanol–water partition coefficient (Wildman–Crippen LogP) is 3.53. The molecule has 0 saturated heterocycles. The van der Waals surface area contributed by atoms with Crippen molar-refractivity contribution in [2.75, 3.05) is 0 Å². The molecule has 0 unspecified atom stereocenters. The van der Waals surface area contributed by atoms with Crippen molar-refractivity contribution in [2.24, 2.45) is 5.41 Å². The summed E-state index contributed by atoms with van der Waals surface area (Å²) in [5.74, 6) is -3.58. The van der Waals surface area contributed by atoms with Gasteiger partial charge in [-0.2, -0.15) is 14.0 Å². The van der Waals surface area contributed by atoms with Gasteiger partial charge in [0.05, 0.1) is 6.07 Å². The van der Waals surface area contributed by atoms with Crippen LogP contribution in [0.2, 0.25) is 0 Å². The molecule has 0 aliphatic carbocycles. The van der Waals surface area contributed by atoms with Gasteiger partial charge in [-0.15, -0.1) is 0 Å². The average Bonchev–Trinajstić information content (AvgIpc) is 2.28. The van der Waals surface area contributed by atoms with E-state index in [9.17, 15) is 13.6 Å². The van der Waals surface area contributed by atoms with E-state index in [1.807, 2.05) is 0 Å². The van der Waals surface area contributed by atoms with Gasteiger partial charge in [0, 0.05) is 11.1 Å². The minimum atomic E-state index is -3.30. The quantitative estimate of drug-likeness (QED) is 0.754. The number of nitrogens with zero attached hydrogens (tertiary/aromatic N) is 1. The first-order chi connectivity index (χ1) is 7.72. The third-order valence-electron chi connectivity index (χ3n) is 2.70. The van der Waals surface area contributed by atoms with Gasteiger partial charge in [0.2, 0.25) is 0 Å². The highest BCUT2D eigenvalue weighted by molar-refractivity contribution is 5.94. The van der Waals surface area contributed by atoms with E-state index in [4.69, 9.17) is 5.26 Å². The van der Waals surface area contributed by atoms with E-state index < -0.39 is 11.3 Å². The number of alkyl halides is 2. The van der Waals surface area contributed by atoms with Gasteiger partial charge in [-0.3, -0.25) is 4.79 Å². The van der Waals surface area contributed by atoms with Crippen molar-refractivity contribution in [1.82, 2.24) is 0 Å². The average molecular weight is 237 g/mol. The van der Waals surface area contributed by atoms with Crippen LogP contribution in [0, 0.1) is 16.7 Å². The Bertz CT molecular complexity index is 486. The number of nitriles is 1. The predicted molar refractivity (Wildman–Crippen MR) is 59.7 cm³/mol. The number of ketones is 1. The number of halogens is 2. The molecular formula is C13H13F2NO. The highest BCUT2D eigenvalue weighted by Crippen LogP contribution is 2.44. The van der Waals surface area contributed by atoms with Crippen molar-refractivity contribution in [3.8, 4) is 6.07 Å². The summed E-state index contributed by atoms with van der Waals surface area (Å²) < 4.78 is 28.1. The second-order valence-corrected chi connectivity index (χ2v) is 4.45. The van der Waals surface area contributed by atoms with Gasteiger partial charge in [0.15, 0.2) is 5.78 Å². The van der Waals surface area contributed by atoms with Crippen LogP contribution in [0.5, 0.6) is 0 Å². The van der Waals surface area contributed by atoms with E-state index in [1.54, 1.807) is 6.07 Å². The van der Waals surface area contributed by atoms with Crippen LogP contribution in [-0.2, 0) is 5.92 Å². The van der Waals surface area contributed by atoms with E-state index >= 15 is 0 Å². The van der Waals surface area contributed by atoms with Crippen LogP contribution in [0.1, 0.15) is 36.7 Å². The van der Waals surface area contributed by atoms with Crippen molar-refractivity contribution in [2.45, 2.75) is 26.7 Å². The molecule has 17 heavy (non-hydrogen) atoms. The molecule has 1 aromatic rings. The van der Waals surface area contributed by atoms with Gasteiger partial charge in [-0.05, 0) is 26.8 Å². The Morgan fingerprint density at radius 2 is 1.94 bits per heavy atom.